The first-order valence-corrected chi connectivity index (χ1v) is 10.1. The minimum Gasteiger partial charge on any atom is -0.439 e. The Labute approximate surface area is 177 Å². The Morgan fingerprint density at radius 1 is 1.17 bits per heavy atom. The van der Waals surface area contributed by atoms with E-state index in [2.05, 4.69) is 15.3 Å². The standard InChI is InChI=1S/C22H30FN5O2/c1-5-24-22(27(4)16-21(29)28(6-2)7-3)26-15-17-12-13-25-20(14-17)30-19-10-8-18(23)9-11-19/h8-14H,5-7,15-16H2,1-4H3,(H,24,26). The number of carbonyl (C=O) groups is 1. The third-order valence-electron chi connectivity index (χ3n) is 4.43. The van der Waals surface area contributed by atoms with E-state index in [1.807, 2.05) is 38.8 Å². The molecule has 30 heavy (non-hydrogen) atoms. The summed E-state index contributed by atoms with van der Waals surface area (Å²) in [5.74, 6) is 1.30. The summed E-state index contributed by atoms with van der Waals surface area (Å²) < 4.78 is 18.7. The number of pyridine rings is 1. The van der Waals surface area contributed by atoms with Crippen molar-refractivity contribution in [3.63, 3.8) is 0 Å². The van der Waals surface area contributed by atoms with Crippen molar-refractivity contribution in [3.8, 4) is 11.6 Å². The van der Waals surface area contributed by atoms with Crippen molar-refractivity contribution in [1.82, 2.24) is 20.1 Å². The molecular weight excluding hydrogens is 385 g/mol. The molecule has 7 nitrogen and oxygen atoms in total. The van der Waals surface area contributed by atoms with E-state index in [4.69, 9.17) is 4.74 Å². The number of nitrogens with one attached hydrogen (secondary N) is 1. The van der Waals surface area contributed by atoms with Gasteiger partial charge >= 0.3 is 0 Å². The number of carbonyl (C=O) groups excluding carboxylic acids is 1. The normalized spacial score (nSPS) is 11.2. The van der Waals surface area contributed by atoms with E-state index in [0.717, 1.165) is 5.56 Å². The van der Waals surface area contributed by atoms with Crippen molar-refractivity contribution in [3.05, 3.63) is 54.0 Å². The molecule has 162 valence electrons. The zero-order valence-electron chi connectivity index (χ0n) is 18.1. The highest BCUT2D eigenvalue weighted by molar-refractivity contribution is 5.86. The Morgan fingerprint density at radius 2 is 1.87 bits per heavy atom. The molecule has 0 saturated heterocycles. The third-order valence-corrected chi connectivity index (χ3v) is 4.43. The Balaban J connectivity index is 2.06. The number of halogens is 1. The summed E-state index contributed by atoms with van der Waals surface area (Å²) in [6.07, 6.45) is 1.64. The molecule has 0 unspecified atom stereocenters. The number of likely N-dealkylation sites (N-methyl/N-ethyl adjacent to an activating group) is 2. The van der Waals surface area contributed by atoms with Crippen LogP contribution in [0.1, 0.15) is 26.3 Å². The second-order valence-corrected chi connectivity index (χ2v) is 6.65. The van der Waals surface area contributed by atoms with Crippen LogP contribution in [0, 0.1) is 5.82 Å². The number of nitrogens with zero attached hydrogens (tertiary/aromatic N) is 4. The molecule has 0 fully saturated rings. The maximum absolute atomic E-state index is 13.0. The van der Waals surface area contributed by atoms with E-state index in [9.17, 15) is 9.18 Å². The molecule has 0 radical (unpaired) electrons. The molecule has 0 aliphatic carbocycles. The maximum Gasteiger partial charge on any atom is 0.242 e. The molecule has 0 bridgehead atoms. The molecule has 2 rings (SSSR count). The summed E-state index contributed by atoms with van der Waals surface area (Å²) in [5, 5.41) is 3.22. The Bertz CT molecular complexity index is 838. The molecule has 0 spiro atoms. The van der Waals surface area contributed by atoms with Crippen LogP contribution in [-0.4, -0.2) is 59.9 Å². The lowest BCUT2D eigenvalue weighted by atomic mass is 10.2. The summed E-state index contributed by atoms with van der Waals surface area (Å²) in [6, 6.07) is 9.41. The Morgan fingerprint density at radius 3 is 2.50 bits per heavy atom. The average Bonchev–Trinajstić information content (AvgIpc) is 2.74. The lowest BCUT2D eigenvalue weighted by molar-refractivity contribution is -0.131. The van der Waals surface area contributed by atoms with Gasteiger partial charge in [0, 0.05) is 38.9 Å². The Hall–Kier alpha value is -3.16. The number of hydrogen-bond acceptors (Lipinski definition) is 4. The average molecular weight is 416 g/mol. The number of aliphatic imine (C=N–C) groups is 1. The van der Waals surface area contributed by atoms with Gasteiger partial charge < -0.3 is 19.9 Å². The van der Waals surface area contributed by atoms with Gasteiger partial charge in [-0.1, -0.05) is 0 Å². The van der Waals surface area contributed by atoms with Gasteiger partial charge in [-0.2, -0.15) is 0 Å². The van der Waals surface area contributed by atoms with Crippen LogP contribution in [0.4, 0.5) is 4.39 Å². The number of aromatic nitrogens is 1. The monoisotopic (exact) mass is 415 g/mol. The summed E-state index contributed by atoms with van der Waals surface area (Å²) >= 11 is 0. The van der Waals surface area contributed by atoms with Gasteiger partial charge in [0.15, 0.2) is 5.96 Å². The van der Waals surface area contributed by atoms with Crippen LogP contribution >= 0.6 is 0 Å². The number of ether oxygens (including phenoxy) is 1. The molecule has 0 aliphatic heterocycles. The molecule has 8 heteroatoms. The predicted octanol–water partition coefficient (Wildman–Crippen LogP) is 3.28. The molecule has 0 saturated carbocycles. The van der Waals surface area contributed by atoms with Crippen LogP contribution in [0.2, 0.25) is 0 Å². The van der Waals surface area contributed by atoms with Crippen LogP contribution in [0.5, 0.6) is 11.6 Å². The van der Waals surface area contributed by atoms with Crippen molar-refractivity contribution in [1.29, 1.82) is 0 Å². The highest BCUT2D eigenvalue weighted by Gasteiger charge is 2.15. The van der Waals surface area contributed by atoms with Crippen molar-refractivity contribution in [2.24, 2.45) is 4.99 Å². The quantitative estimate of drug-likeness (QED) is 0.503. The molecule has 2 aromatic rings. The third kappa shape index (κ3) is 7.02. The lowest BCUT2D eigenvalue weighted by Gasteiger charge is -2.25. The molecule has 0 aliphatic rings. The fourth-order valence-corrected chi connectivity index (χ4v) is 2.82. The molecule has 0 atom stereocenters. The minimum absolute atomic E-state index is 0.0620. The molecular formula is C22H30FN5O2. The number of rotatable bonds is 9. The van der Waals surface area contributed by atoms with Crippen LogP contribution in [-0.2, 0) is 11.3 Å². The first kappa shape index (κ1) is 23.1. The van der Waals surface area contributed by atoms with Crippen LogP contribution in [0.3, 0.4) is 0 Å². The SMILES string of the molecule is CCNC(=NCc1ccnc(Oc2ccc(F)cc2)c1)N(C)CC(=O)N(CC)CC. The molecule has 1 aromatic carbocycles. The number of benzene rings is 1. The summed E-state index contributed by atoms with van der Waals surface area (Å²) in [7, 11) is 1.85. The summed E-state index contributed by atoms with van der Waals surface area (Å²) in [5.41, 5.74) is 0.904. The van der Waals surface area contributed by atoms with E-state index in [1.54, 1.807) is 29.3 Å². The van der Waals surface area contributed by atoms with Crippen molar-refractivity contribution >= 4 is 11.9 Å². The topological polar surface area (TPSA) is 70.1 Å². The number of guanidine groups is 1. The fourth-order valence-electron chi connectivity index (χ4n) is 2.82. The zero-order chi connectivity index (χ0) is 21.9. The van der Waals surface area contributed by atoms with E-state index in [1.165, 1.54) is 12.1 Å². The molecule has 1 N–H and O–H groups in total. The van der Waals surface area contributed by atoms with Gasteiger partial charge in [0.05, 0.1) is 13.1 Å². The maximum atomic E-state index is 13.0. The van der Waals surface area contributed by atoms with Crippen LogP contribution in [0.15, 0.2) is 47.6 Å². The van der Waals surface area contributed by atoms with E-state index >= 15 is 0 Å². The van der Waals surface area contributed by atoms with Crippen LogP contribution in [0.25, 0.3) is 0 Å². The fraction of sp³-hybridized carbons (Fsp3) is 0.409. The van der Waals surface area contributed by atoms with Gasteiger partial charge in [-0.15, -0.1) is 0 Å². The highest BCUT2D eigenvalue weighted by Crippen LogP contribution is 2.20. The smallest absolute Gasteiger partial charge is 0.242 e. The molecule has 1 aromatic heterocycles. The summed E-state index contributed by atoms with van der Waals surface area (Å²) in [4.78, 5) is 24.8. The first-order valence-electron chi connectivity index (χ1n) is 10.1. The lowest BCUT2D eigenvalue weighted by Crippen LogP contribution is -2.45. The van der Waals surface area contributed by atoms with Gasteiger partial charge in [-0.05, 0) is 56.7 Å². The summed E-state index contributed by atoms with van der Waals surface area (Å²) in [6.45, 7) is 8.63. The largest absolute Gasteiger partial charge is 0.439 e. The minimum atomic E-state index is -0.321. The number of amides is 1. The van der Waals surface area contributed by atoms with E-state index in [-0.39, 0.29) is 18.3 Å². The van der Waals surface area contributed by atoms with Gasteiger partial charge in [-0.25, -0.2) is 14.4 Å². The molecule has 1 amide bonds. The van der Waals surface area contributed by atoms with Gasteiger partial charge in [-0.3, -0.25) is 4.79 Å². The number of hydrogen-bond donors (Lipinski definition) is 1. The Kier molecular flexibility index (Phi) is 9.05. The van der Waals surface area contributed by atoms with E-state index in [0.29, 0.717) is 43.8 Å². The zero-order valence-corrected chi connectivity index (χ0v) is 18.1. The highest BCUT2D eigenvalue weighted by atomic mass is 19.1. The van der Waals surface area contributed by atoms with Crippen molar-refractivity contribution < 1.29 is 13.9 Å². The second kappa shape index (κ2) is 11.7. The van der Waals surface area contributed by atoms with Gasteiger partial charge in [0.25, 0.3) is 0 Å². The van der Waals surface area contributed by atoms with Crippen molar-refractivity contribution in [2.45, 2.75) is 27.3 Å². The van der Waals surface area contributed by atoms with Gasteiger partial charge in [0.1, 0.15) is 11.6 Å². The molecule has 1 heterocycles. The second-order valence-electron chi connectivity index (χ2n) is 6.65. The van der Waals surface area contributed by atoms with Gasteiger partial charge in [0.2, 0.25) is 11.8 Å². The first-order chi connectivity index (χ1) is 14.5. The van der Waals surface area contributed by atoms with Crippen LogP contribution < -0.4 is 10.1 Å². The van der Waals surface area contributed by atoms with E-state index < -0.39 is 0 Å². The predicted molar refractivity (Wildman–Crippen MR) is 116 cm³/mol. The van der Waals surface area contributed by atoms with Crippen molar-refractivity contribution in [2.75, 3.05) is 33.2 Å².